The number of halogens is 1. The van der Waals surface area contributed by atoms with E-state index >= 15 is 0 Å². The van der Waals surface area contributed by atoms with Crippen LogP contribution in [0.1, 0.15) is 41.0 Å². The van der Waals surface area contributed by atoms with Gasteiger partial charge in [0.05, 0.1) is 12.2 Å². The van der Waals surface area contributed by atoms with Crippen molar-refractivity contribution in [2.45, 2.75) is 65.3 Å². The van der Waals surface area contributed by atoms with Gasteiger partial charge in [0.25, 0.3) is 0 Å². The van der Waals surface area contributed by atoms with E-state index in [-0.39, 0.29) is 30.4 Å². The minimum Gasteiger partial charge on any atom is -0.326 e. The summed E-state index contributed by atoms with van der Waals surface area (Å²) in [5.41, 5.74) is 0.612. The summed E-state index contributed by atoms with van der Waals surface area (Å²) in [5.74, 6) is -0.302. The molecule has 162 valence electrons. The Morgan fingerprint density at radius 2 is 1.76 bits per heavy atom. The van der Waals surface area contributed by atoms with Crippen LogP contribution in [0.3, 0.4) is 0 Å². The van der Waals surface area contributed by atoms with Gasteiger partial charge in [0.15, 0.2) is 0 Å². The quantitative estimate of drug-likeness (QED) is 0.521. The van der Waals surface area contributed by atoms with Crippen molar-refractivity contribution in [2.24, 2.45) is 0 Å². The van der Waals surface area contributed by atoms with E-state index in [0.29, 0.717) is 12.1 Å². The Hall–Kier alpha value is -1.41. The summed E-state index contributed by atoms with van der Waals surface area (Å²) in [4.78, 5) is 26.6. The first-order valence-corrected chi connectivity index (χ1v) is 12.1. The first-order valence-electron chi connectivity index (χ1n) is 9.58. The molecule has 29 heavy (non-hydrogen) atoms. The molecule has 2 rings (SSSR count). The largest absolute Gasteiger partial charge is 0.350 e. The Balaban J connectivity index is 2.02. The Morgan fingerprint density at radius 3 is 2.28 bits per heavy atom. The zero-order chi connectivity index (χ0) is 21.8. The van der Waals surface area contributed by atoms with Gasteiger partial charge in [-0.3, -0.25) is 9.36 Å². The number of nitrogens with one attached hydrogen (secondary N) is 2. The molecule has 0 aliphatic carbocycles. The third-order valence-electron chi connectivity index (χ3n) is 4.17. The molecule has 1 aromatic rings. The maximum atomic E-state index is 13.1. The lowest BCUT2D eigenvalue weighted by Gasteiger charge is -2.29. The number of benzene rings is 1. The van der Waals surface area contributed by atoms with Gasteiger partial charge in [-0.25, -0.2) is 4.79 Å². The Morgan fingerprint density at radius 1 is 1.21 bits per heavy atom. The molecule has 1 heterocycles. The summed E-state index contributed by atoms with van der Waals surface area (Å²) in [6, 6.07) is 5.73. The van der Waals surface area contributed by atoms with Crippen LogP contribution < -0.4 is 10.6 Å². The second-order valence-electron chi connectivity index (χ2n) is 7.61. The molecule has 8 nitrogen and oxygen atoms in total. The first-order chi connectivity index (χ1) is 13.5. The van der Waals surface area contributed by atoms with Crippen LogP contribution in [0.2, 0.25) is 0 Å². The molecule has 1 saturated heterocycles. The summed E-state index contributed by atoms with van der Waals surface area (Å²) in [6.45, 7) is 8.91. The minimum atomic E-state index is -3.50. The average molecular weight is 490 g/mol. The lowest BCUT2D eigenvalue weighted by Crippen LogP contribution is -2.44. The van der Waals surface area contributed by atoms with Crippen molar-refractivity contribution < 1.29 is 23.2 Å². The fraction of sp³-hybridized carbons (Fsp3) is 0.579. The monoisotopic (exact) mass is 489 g/mol. The molecular formula is C19H29BrN3O5P. The van der Waals surface area contributed by atoms with Gasteiger partial charge in [0.2, 0.25) is 5.91 Å². The summed E-state index contributed by atoms with van der Waals surface area (Å²) in [6.07, 6.45) is -0.345. The number of nitrogens with zero attached hydrogens (tertiary/aromatic N) is 1. The van der Waals surface area contributed by atoms with Crippen LogP contribution in [0.5, 0.6) is 0 Å². The van der Waals surface area contributed by atoms with E-state index in [1.54, 1.807) is 52.0 Å². The standard InChI is InChI=1S/C19H29BrN3O5P/c1-12(2)27-29(26,28-13(3)4)11-23-14(5)10-17(18(23)24)22-19(25)21-16-8-6-15(20)7-9-16/h6-9,12-14,17H,10-11H2,1-5H3,(H2,21,22,25)/t14?,17-/m0/s1. The van der Waals surface area contributed by atoms with Crippen molar-refractivity contribution >= 4 is 41.2 Å². The van der Waals surface area contributed by atoms with Crippen LogP contribution in [0, 0.1) is 0 Å². The van der Waals surface area contributed by atoms with E-state index < -0.39 is 19.7 Å². The molecule has 1 fully saturated rings. The number of hydrogen-bond donors (Lipinski definition) is 2. The van der Waals surface area contributed by atoms with Crippen molar-refractivity contribution in [1.82, 2.24) is 10.2 Å². The van der Waals surface area contributed by atoms with Crippen LogP contribution in [0.25, 0.3) is 0 Å². The maximum Gasteiger partial charge on any atom is 0.350 e. The Kier molecular flexibility index (Phi) is 8.28. The zero-order valence-electron chi connectivity index (χ0n) is 17.3. The van der Waals surface area contributed by atoms with E-state index in [9.17, 15) is 14.2 Å². The van der Waals surface area contributed by atoms with Crippen molar-refractivity contribution in [3.05, 3.63) is 28.7 Å². The van der Waals surface area contributed by atoms with Crippen molar-refractivity contribution in [3.8, 4) is 0 Å². The average Bonchev–Trinajstić information content (AvgIpc) is 2.82. The lowest BCUT2D eigenvalue weighted by molar-refractivity contribution is -0.129. The number of carbonyl (C=O) groups is 2. The molecule has 2 atom stereocenters. The fourth-order valence-electron chi connectivity index (χ4n) is 3.10. The summed E-state index contributed by atoms with van der Waals surface area (Å²) in [7, 11) is -3.50. The van der Waals surface area contributed by atoms with E-state index in [2.05, 4.69) is 26.6 Å². The molecule has 1 unspecified atom stereocenters. The number of hydrogen-bond acceptors (Lipinski definition) is 5. The van der Waals surface area contributed by atoms with Crippen molar-refractivity contribution in [2.75, 3.05) is 11.6 Å². The lowest BCUT2D eigenvalue weighted by atomic mass is 10.2. The molecule has 0 spiro atoms. The Bertz CT molecular complexity index is 758. The van der Waals surface area contributed by atoms with Gasteiger partial charge in [-0.05, 0) is 65.3 Å². The smallest absolute Gasteiger partial charge is 0.326 e. The van der Waals surface area contributed by atoms with Gasteiger partial charge in [-0.2, -0.15) is 0 Å². The minimum absolute atomic E-state index is 0.143. The normalized spacial score (nSPS) is 19.9. The highest BCUT2D eigenvalue weighted by Crippen LogP contribution is 2.52. The Labute approximate surface area is 180 Å². The SMILES string of the molecule is CC(C)OP(=O)(CN1C(=O)[C@@H](NC(=O)Nc2ccc(Br)cc2)CC1C)OC(C)C. The van der Waals surface area contributed by atoms with Gasteiger partial charge in [0, 0.05) is 16.2 Å². The van der Waals surface area contributed by atoms with E-state index in [0.717, 1.165) is 4.47 Å². The second kappa shape index (κ2) is 10.1. The fourth-order valence-corrected chi connectivity index (χ4v) is 5.62. The highest BCUT2D eigenvalue weighted by atomic mass is 79.9. The summed E-state index contributed by atoms with van der Waals surface area (Å²) < 4.78 is 25.1. The molecule has 2 N–H and O–H groups in total. The van der Waals surface area contributed by atoms with Gasteiger partial charge in [-0.1, -0.05) is 15.9 Å². The molecule has 10 heteroatoms. The number of urea groups is 1. The molecule has 0 saturated carbocycles. The predicted molar refractivity (Wildman–Crippen MR) is 116 cm³/mol. The van der Waals surface area contributed by atoms with Crippen LogP contribution >= 0.6 is 23.5 Å². The molecule has 1 aromatic carbocycles. The number of anilines is 1. The molecule has 1 aliphatic heterocycles. The van der Waals surface area contributed by atoms with Gasteiger partial charge in [-0.15, -0.1) is 0 Å². The zero-order valence-corrected chi connectivity index (χ0v) is 19.8. The van der Waals surface area contributed by atoms with Gasteiger partial charge >= 0.3 is 13.6 Å². The highest BCUT2D eigenvalue weighted by molar-refractivity contribution is 9.10. The maximum absolute atomic E-state index is 13.1. The topological polar surface area (TPSA) is 97.0 Å². The predicted octanol–water partition coefficient (Wildman–Crippen LogP) is 4.56. The summed E-state index contributed by atoms with van der Waals surface area (Å²) >= 11 is 3.34. The molecule has 3 amide bonds. The highest BCUT2D eigenvalue weighted by Gasteiger charge is 2.43. The van der Waals surface area contributed by atoms with Gasteiger partial charge in [0.1, 0.15) is 12.3 Å². The first kappa shape index (κ1) is 23.9. The second-order valence-corrected chi connectivity index (χ2v) is 10.5. The number of amides is 3. The number of likely N-dealkylation sites (tertiary alicyclic amines) is 1. The molecule has 1 aliphatic rings. The molecule has 0 aromatic heterocycles. The summed E-state index contributed by atoms with van der Waals surface area (Å²) in [5, 5.41) is 5.40. The van der Waals surface area contributed by atoms with Crippen molar-refractivity contribution in [3.63, 3.8) is 0 Å². The molecule has 0 bridgehead atoms. The number of rotatable bonds is 8. The molecular weight excluding hydrogens is 461 g/mol. The van der Waals surface area contributed by atoms with Crippen molar-refractivity contribution in [1.29, 1.82) is 0 Å². The molecule has 0 radical (unpaired) electrons. The van der Waals surface area contributed by atoms with E-state index in [1.165, 1.54) is 4.90 Å². The van der Waals surface area contributed by atoms with E-state index in [1.807, 2.05) is 6.92 Å². The van der Waals surface area contributed by atoms with Gasteiger partial charge < -0.3 is 24.6 Å². The third kappa shape index (κ3) is 7.10. The number of carbonyl (C=O) groups excluding carboxylic acids is 2. The van der Waals surface area contributed by atoms with Crippen LogP contribution in [-0.2, 0) is 18.4 Å². The van der Waals surface area contributed by atoms with Crippen LogP contribution in [0.15, 0.2) is 28.7 Å². The van der Waals surface area contributed by atoms with Crippen LogP contribution in [0.4, 0.5) is 10.5 Å². The van der Waals surface area contributed by atoms with E-state index in [4.69, 9.17) is 9.05 Å². The van der Waals surface area contributed by atoms with Crippen LogP contribution in [-0.4, -0.2) is 47.4 Å². The third-order valence-corrected chi connectivity index (χ3v) is 6.83.